The summed E-state index contributed by atoms with van der Waals surface area (Å²) in [5.41, 5.74) is 7.30. The lowest BCUT2D eigenvalue weighted by Gasteiger charge is -2.15. The molecule has 0 aliphatic carbocycles. The van der Waals surface area contributed by atoms with Gasteiger partial charge in [0, 0.05) is 25.9 Å². The first-order valence-corrected chi connectivity index (χ1v) is 8.68. The maximum absolute atomic E-state index is 12.4. The molecule has 0 saturated carbocycles. The van der Waals surface area contributed by atoms with Gasteiger partial charge in [-0.15, -0.1) is 11.3 Å². The minimum absolute atomic E-state index is 0.101. The van der Waals surface area contributed by atoms with Gasteiger partial charge in [0.1, 0.15) is 11.4 Å². The second-order valence-corrected chi connectivity index (χ2v) is 6.64. The van der Waals surface area contributed by atoms with Gasteiger partial charge in [0.2, 0.25) is 0 Å². The molecule has 0 unspecified atom stereocenters. The van der Waals surface area contributed by atoms with Crippen LogP contribution in [0.4, 0.5) is 5.69 Å². The summed E-state index contributed by atoms with van der Waals surface area (Å²) in [6.45, 7) is 2.30. The fourth-order valence-electron chi connectivity index (χ4n) is 1.96. The van der Waals surface area contributed by atoms with E-state index < -0.39 is 0 Å². The number of hydrogen-bond acceptors (Lipinski definition) is 6. The van der Waals surface area contributed by atoms with Crippen molar-refractivity contribution in [2.24, 2.45) is 5.73 Å². The number of hydrogen-bond donors (Lipinski definition) is 2. The fourth-order valence-corrected chi connectivity index (χ4v) is 2.75. The maximum Gasteiger partial charge on any atom is 0.275 e. The van der Waals surface area contributed by atoms with Crippen LogP contribution in [0.25, 0.3) is 0 Å². The van der Waals surface area contributed by atoms with Gasteiger partial charge in [-0.3, -0.25) is 9.59 Å². The summed E-state index contributed by atoms with van der Waals surface area (Å²) < 4.78 is 5.58. The minimum atomic E-state index is -0.327. The molecule has 0 aliphatic rings. The van der Waals surface area contributed by atoms with Crippen LogP contribution in [-0.4, -0.2) is 48.9 Å². The molecule has 1 heterocycles. The van der Waals surface area contributed by atoms with Crippen LogP contribution in [-0.2, 0) is 11.2 Å². The van der Waals surface area contributed by atoms with E-state index in [4.69, 9.17) is 10.5 Å². The smallest absolute Gasteiger partial charge is 0.275 e. The molecule has 0 radical (unpaired) electrons. The Bertz CT molecular complexity index is 758. The highest BCUT2D eigenvalue weighted by Gasteiger charge is 2.15. The van der Waals surface area contributed by atoms with E-state index in [2.05, 4.69) is 10.3 Å². The molecular weight excluding hydrogens is 340 g/mol. The molecule has 0 spiro atoms. The topological polar surface area (TPSA) is 97.5 Å². The van der Waals surface area contributed by atoms with Gasteiger partial charge in [-0.1, -0.05) is 6.07 Å². The highest BCUT2D eigenvalue weighted by atomic mass is 32.1. The Morgan fingerprint density at radius 1 is 1.36 bits per heavy atom. The average Bonchev–Trinajstić information content (AvgIpc) is 3.03. The Hall–Kier alpha value is -2.45. The van der Waals surface area contributed by atoms with Crippen molar-refractivity contribution in [2.75, 3.05) is 32.6 Å². The van der Waals surface area contributed by atoms with E-state index in [1.807, 2.05) is 13.0 Å². The number of thiazole rings is 1. The highest BCUT2D eigenvalue weighted by molar-refractivity contribution is 7.09. The molecule has 2 amide bonds. The van der Waals surface area contributed by atoms with Gasteiger partial charge in [-0.2, -0.15) is 0 Å². The van der Waals surface area contributed by atoms with Gasteiger partial charge < -0.3 is 20.7 Å². The number of ether oxygens (including phenoxy) is 1. The van der Waals surface area contributed by atoms with E-state index in [0.717, 1.165) is 10.6 Å². The third-order valence-corrected chi connectivity index (χ3v) is 4.29. The van der Waals surface area contributed by atoms with Crippen LogP contribution in [0.3, 0.4) is 0 Å². The molecule has 134 valence electrons. The molecule has 0 aliphatic heterocycles. The number of nitrogens with zero attached hydrogens (tertiary/aromatic N) is 2. The molecule has 8 heteroatoms. The first-order valence-electron chi connectivity index (χ1n) is 7.80. The molecule has 0 bridgehead atoms. The molecule has 3 N–H and O–H groups in total. The van der Waals surface area contributed by atoms with Crippen molar-refractivity contribution < 1.29 is 14.3 Å². The van der Waals surface area contributed by atoms with Crippen LogP contribution in [0.2, 0.25) is 0 Å². The Balaban J connectivity index is 2.12. The molecule has 0 fully saturated rings. The monoisotopic (exact) mass is 362 g/mol. The minimum Gasteiger partial charge on any atom is -0.482 e. The Kier molecular flexibility index (Phi) is 6.49. The molecule has 25 heavy (non-hydrogen) atoms. The lowest BCUT2D eigenvalue weighted by Crippen LogP contribution is -2.27. The third kappa shape index (κ3) is 5.27. The molecule has 7 nitrogen and oxygen atoms in total. The van der Waals surface area contributed by atoms with Crippen molar-refractivity contribution in [1.29, 1.82) is 0 Å². The second kappa shape index (κ2) is 8.59. The normalized spacial score (nSPS) is 10.4. The van der Waals surface area contributed by atoms with Crippen LogP contribution in [0.5, 0.6) is 5.75 Å². The SMILES string of the molecule is Cc1ccc(NC(=O)c2csc(CCN)n2)c(OCC(=O)N(C)C)c1. The van der Waals surface area contributed by atoms with Crippen molar-refractivity contribution in [3.8, 4) is 5.75 Å². The van der Waals surface area contributed by atoms with Crippen molar-refractivity contribution >= 4 is 28.8 Å². The number of amides is 2. The number of aromatic nitrogens is 1. The summed E-state index contributed by atoms with van der Waals surface area (Å²) in [7, 11) is 3.32. The summed E-state index contributed by atoms with van der Waals surface area (Å²) in [5.74, 6) is -0.0437. The van der Waals surface area contributed by atoms with Crippen LogP contribution in [0, 0.1) is 6.92 Å². The average molecular weight is 362 g/mol. The number of carbonyl (C=O) groups excluding carboxylic acids is 2. The Morgan fingerprint density at radius 2 is 2.12 bits per heavy atom. The molecule has 0 atom stereocenters. The third-order valence-electron chi connectivity index (χ3n) is 3.38. The standard InChI is InChI=1S/C17H22N4O3S/c1-11-4-5-12(14(8-11)24-9-16(22)21(2)3)20-17(23)13-10-25-15(19-13)6-7-18/h4-5,8,10H,6-7,9,18H2,1-3H3,(H,20,23). The lowest BCUT2D eigenvalue weighted by molar-refractivity contribution is -0.130. The van der Waals surface area contributed by atoms with Crippen LogP contribution >= 0.6 is 11.3 Å². The van der Waals surface area contributed by atoms with E-state index in [1.54, 1.807) is 31.6 Å². The highest BCUT2D eigenvalue weighted by Crippen LogP contribution is 2.26. The van der Waals surface area contributed by atoms with E-state index >= 15 is 0 Å². The van der Waals surface area contributed by atoms with Crippen molar-refractivity contribution in [2.45, 2.75) is 13.3 Å². The predicted octanol–water partition coefficient (Wildman–Crippen LogP) is 1.67. The number of aryl methyl sites for hydroxylation is 1. The number of likely N-dealkylation sites (N-methyl/N-ethyl adjacent to an activating group) is 1. The van der Waals surface area contributed by atoms with E-state index in [-0.39, 0.29) is 18.4 Å². The first-order chi connectivity index (χ1) is 11.9. The van der Waals surface area contributed by atoms with Crippen LogP contribution < -0.4 is 15.8 Å². The van der Waals surface area contributed by atoms with Gasteiger partial charge in [0.15, 0.2) is 6.61 Å². The Labute approximate surface area is 150 Å². The number of benzene rings is 1. The van der Waals surface area contributed by atoms with Crippen LogP contribution in [0.1, 0.15) is 21.1 Å². The van der Waals surface area contributed by atoms with Crippen molar-refractivity contribution in [1.82, 2.24) is 9.88 Å². The molecule has 2 aromatic rings. The van der Waals surface area contributed by atoms with Crippen molar-refractivity contribution in [3.05, 3.63) is 39.8 Å². The fraction of sp³-hybridized carbons (Fsp3) is 0.353. The summed E-state index contributed by atoms with van der Waals surface area (Å²) in [5, 5.41) is 5.31. The number of anilines is 1. The molecule has 2 rings (SSSR count). The van der Waals surface area contributed by atoms with Gasteiger partial charge in [0.05, 0.1) is 10.7 Å². The van der Waals surface area contributed by atoms with Gasteiger partial charge in [-0.05, 0) is 31.2 Å². The number of nitrogens with one attached hydrogen (secondary N) is 1. The zero-order chi connectivity index (χ0) is 18.4. The summed E-state index contributed by atoms with van der Waals surface area (Å²) in [6, 6.07) is 5.38. The molecule has 0 saturated heterocycles. The van der Waals surface area contributed by atoms with Gasteiger partial charge >= 0.3 is 0 Å². The van der Waals surface area contributed by atoms with Crippen LogP contribution in [0.15, 0.2) is 23.6 Å². The zero-order valence-corrected chi connectivity index (χ0v) is 15.4. The van der Waals surface area contributed by atoms with Gasteiger partial charge in [0.25, 0.3) is 11.8 Å². The molecule has 1 aromatic carbocycles. The van der Waals surface area contributed by atoms with E-state index in [9.17, 15) is 9.59 Å². The summed E-state index contributed by atoms with van der Waals surface area (Å²) in [6.07, 6.45) is 0.642. The molecular formula is C17H22N4O3S. The lowest BCUT2D eigenvalue weighted by atomic mass is 10.2. The Morgan fingerprint density at radius 3 is 2.80 bits per heavy atom. The van der Waals surface area contributed by atoms with Crippen molar-refractivity contribution in [3.63, 3.8) is 0 Å². The summed E-state index contributed by atoms with van der Waals surface area (Å²) >= 11 is 1.40. The summed E-state index contributed by atoms with van der Waals surface area (Å²) in [4.78, 5) is 29.8. The first kappa shape index (κ1) is 18.9. The number of nitrogens with two attached hydrogens (primary N) is 1. The second-order valence-electron chi connectivity index (χ2n) is 5.70. The number of rotatable bonds is 7. The number of carbonyl (C=O) groups is 2. The largest absolute Gasteiger partial charge is 0.482 e. The zero-order valence-electron chi connectivity index (χ0n) is 14.5. The van der Waals surface area contributed by atoms with E-state index in [0.29, 0.717) is 30.1 Å². The van der Waals surface area contributed by atoms with E-state index in [1.165, 1.54) is 16.2 Å². The predicted molar refractivity (Wildman–Crippen MR) is 98.2 cm³/mol. The quantitative estimate of drug-likeness (QED) is 0.781. The maximum atomic E-state index is 12.4. The molecule has 1 aromatic heterocycles. The van der Waals surface area contributed by atoms with Gasteiger partial charge in [-0.25, -0.2) is 4.98 Å².